The first-order valence-corrected chi connectivity index (χ1v) is 6.43. The maximum Gasteiger partial charge on any atom is 0.417 e. The second kappa shape index (κ2) is 6.98. The van der Waals surface area contributed by atoms with E-state index < -0.39 is 47.7 Å². The highest BCUT2D eigenvalue weighted by Gasteiger charge is 2.38. The number of hydrogen-bond donors (Lipinski definition) is 0. The zero-order valence-corrected chi connectivity index (χ0v) is 12.5. The number of anilines is 1. The Balaban J connectivity index is 3.43. The van der Waals surface area contributed by atoms with E-state index >= 15 is 0 Å². The molecule has 0 saturated carbocycles. The first kappa shape index (κ1) is 19.6. The van der Waals surface area contributed by atoms with Gasteiger partial charge < -0.3 is 9.64 Å². The third-order valence-corrected chi connectivity index (χ3v) is 3.12. The van der Waals surface area contributed by atoms with Crippen LogP contribution in [-0.4, -0.2) is 31.8 Å². The molecule has 10 heteroatoms. The summed E-state index contributed by atoms with van der Waals surface area (Å²) in [5.74, 6) is -1.04. The fourth-order valence-corrected chi connectivity index (χ4v) is 1.99. The Hall–Kier alpha value is -2.44. The van der Waals surface area contributed by atoms with Crippen LogP contribution in [0.1, 0.15) is 18.1 Å². The molecule has 0 radical (unpaired) electrons. The molecule has 0 aliphatic rings. The summed E-state index contributed by atoms with van der Waals surface area (Å²) in [5, 5.41) is 8.72. The van der Waals surface area contributed by atoms with Gasteiger partial charge in [-0.2, -0.15) is 31.6 Å². The van der Waals surface area contributed by atoms with Crippen LogP contribution in [-0.2, 0) is 15.7 Å². The van der Waals surface area contributed by atoms with Crippen molar-refractivity contribution >= 4 is 11.7 Å². The van der Waals surface area contributed by atoms with Crippen LogP contribution in [0.4, 0.5) is 32.0 Å². The van der Waals surface area contributed by atoms with Crippen molar-refractivity contribution in [3.8, 4) is 6.07 Å². The molecule has 0 unspecified atom stereocenters. The minimum atomic E-state index is -4.93. The van der Waals surface area contributed by atoms with Gasteiger partial charge in [-0.05, 0) is 25.1 Å². The molecule has 0 saturated heterocycles. The van der Waals surface area contributed by atoms with Gasteiger partial charge in [0.05, 0.1) is 24.3 Å². The van der Waals surface area contributed by atoms with E-state index in [9.17, 15) is 31.1 Å². The van der Waals surface area contributed by atoms with Crippen LogP contribution >= 0.6 is 0 Å². The van der Waals surface area contributed by atoms with Gasteiger partial charge >= 0.3 is 18.3 Å². The number of hydrogen-bond acceptors (Lipinski definition) is 4. The maximum absolute atomic E-state index is 13.0. The molecule has 0 aliphatic heterocycles. The minimum Gasteiger partial charge on any atom is -0.467 e. The summed E-state index contributed by atoms with van der Waals surface area (Å²) in [5.41, 5.74) is -2.62. The second-order valence-corrected chi connectivity index (χ2v) is 4.78. The predicted octanol–water partition coefficient (Wildman–Crippen LogP) is 3.51. The molecule has 0 fully saturated rings. The first-order valence-electron chi connectivity index (χ1n) is 6.43. The van der Waals surface area contributed by atoms with E-state index in [0.717, 1.165) is 26.2 Å². The smallest absolute Gasteiger partial charge is 0.417 e. The summed E-state index contributed by atoms with van der Waals surface area (Å²) in [7, 11) is 0.949. The average Bonchev–Trinajstić information content (AvgIpc) is 2.48. The molecule has 1 aromatic carbocycles. The molecule has 0 aliphatic carbocycles. The lowest BCUT2D eigenvalue weighted by Gasteiger charge is -2.30. The van der Waals surface area contributed by atoms with Crippen LogP contribution in [0, 0.1) is 11.3 Å². The number of nitriles is 1. The van der Waals surface area contributed by atoms with Crippen molar-refractivity contribution < 1.29 is 35.9 Å². The molecule has 4 nitrogen and oxygen atoms in total. The largest absolute Gasteiger partial charge is 0.467 e. The highest BCUT2D eigenvalue weighted by Crippen LogP contribution is 2.35. The molecule has 0 bridgehead atoms. The van der Waals surface area contributed by atoms with Crippen molar-refractivity contribution in [2.45, 2.75) is 25.3 Å². The van der Waals surface area contributed by atoms with Gasteiger partial charge in [0.25, 0.3) is 0 Å². The Morgan fingerprint density at radius 1 is 1.29 bits per heavy atom. The number of esters is 1. The number of carbonyl (C=O) groups is 1. The van der Waals surface area contributed by atoms with Crippen LogP contribution < -0.4 is 4.90 Å². The van der Waals surface area contributed by atoms with Crippen molar-refractivity contribution in [2.24, 2.45) is 0 Å². The van der Waals surface area contributed by atoms with Gasteiger partial charge in [0.2, 0.25) is 0 Å². The first-order chi connectivity index (χ1) is 10.9. The Morgan fingerprint density at radius 3 is 2.29 bits per heavy atom. The number of methoxy groups -OCH3 is 1. The number of ether oxygens (including phenoxy) is 1. The molecule has 1 rings (SSSR count). The number of carbonyl (C=O) groups excluding carboxylic acids is 1. The van der Waals surface area contributed by atoms with Crippen molar-refractivity contribution in [2.75, 3.05) is 18.6 Å². The van der Waals surface area contributed by atoms with Gasteiger partial charge in [-0.1, -0.05) is 0 Å². The summed E-state index contributed by atoms with van der Waals surface area (Å²) in [6.45, 7) is -0.588. The highest BCUT2D eigenvalue weighted by molar-refractivity contribution is 5.79. The van der Waals surface area contributed by atoms with Crippen LogP contribution in [0.25, 0.3) is 0 Å². The molecule has 24 heavy (non-hydrogen) atoms. The third kappa shape index (κ3) is 4.78. The van der Waals surface area contributed by atoms with Gasteiger partial charge in [-0.25, -0.2) is 4.79 Å². The molecule has 0 heterocycles. The standard InChI is InChI=1S/C14H12F6N2O2/c1-8(12(23)24-2)22(7-13(15,16)17)10-4-3-9(6-21)11(5-10)14(18,19)20/h3-5,8H,7H2,1-2H3/t8-/m0/s1. The highest BCUT2D eigenvalue weighted by atomic mass is 19.4. The molecule has 132 valence electrons. The zero-order valence-electron chi connectivity index (χ0n) is 12.5. The minimum absolute atomic E-state index is 0.406. The number of alkyl halides is 6. The SMILES string of the molecule is COC(=O)[C@H](C)N(CC(F)(F)F)c1ccc(C#N)c(C(F)(F)F)c1. The van der Waals surface area contributed by atoms with Gasteiger partial charge in [0, 0.05) is 5.69 Å². The maximum atomic E-state index is 13.0. The van der Waals surface area contributed by atoms with Crippen LogP contribution in [0.5, 0.6) is 0 Å². The summed E-state index contributed by atoms with van der Waals surface area (Å²) < 4.78 is 81.4. The summed E-state index contributed by atoms with van der Waals surface area (Å²) in [6.07, 6.45) is -9.70. The van der Waals surface area contributed by atoms with Crippen molar-refractivity contribution in [3.05, 3.63) is 29.3 Å². The molecule has 1 aromatic rings. The monoisotopic (exact) mass is 354 g/mol. The Morgan fingerprint density at radius 2 is 1.88 bits per heavy atom. The third-order valence-electron chi connectivity index (χ3n) is 3.12. The van der Waals surface area contributed by atoms with E-state index in [0.29, 0.717) is 11.0 Å². The number of nitrogens with zero attached hydrogens (tertiary/aromatic N) is 2. The van der Waals surface area contributed by atoms with Gasteiger partial charge in [-0.3, -0.25) is 0 Å². The molecule has 0 amide bonds. The fraction of sp³-hybridized carbons (Fsp3) is 0.429. The Labute approximate surface area is 133 Å². The molecular weight excluding hydrogens is 342 g/mol. The number of benzene rings is 1. The normalized spacial score (nSPS) is 13.1. The van der Waals surface area contributed by atoms with E-state index in [-0.39, 0.29) is 0 Å². The predicted molar refractivity (Wildman–Crippen MR) is 71.0 cm³/mol. The van der Waals surface area contributed by atoms with Crippen LogP contribution in [0.3, 0.4) is 0 Å². The quantitative estimate of drug-likeness (QED) is 0.613. The lowest BCUT2D eigenvalue weighted by Crippen LogP contribution is -2.45. The molecule has 1 atom stereocenters. The molecule has 0 N–H and O–H groups in total. The Kier molecular flexibility index (Phi) is 5.71. The molecule has 0 aromatic heterocycles. The van der Waals surface area contributed by atoms with Gasteiger partial charge in [-0.15, -0.1) is 0 Å². The Bertz CT molecular complexity index is 648. The number of rotatable bonds is 4. The lowest BCUT2D eigenvalue weighted by atomic mass is 10.1. The van der Waals surface area contributed by atoms with E-state index in [2.05, 4.69) is 4.74 Å². The average molecular weight is 354 g/mol. The van der Waals surface area contributed by atoms with E-state index in [1.807, 2.05) is 0 Å². The van der Waals surface area contributed by atoms with E-state index in [1.54, 1.807) is 0 Å². The summed E-state index contributed by atoms with van der Waals surface area (Å²) in [6, 6.07) is 1.92. The second-order valence-electron chi connectivity index (χ2n) is 4.78. The van der Waals surface area contributed by atoms with E-state index in [1.165, 1.54) is 6.07 Å². The number of halogens is 6. The fourth-order valence-electron chi connectivity index (χ4n) is 1.99. The van der Waals surface area contributed by atoms with Crippen LogP contribution in [0.2, 0.25) is 0 Å². The van der Waals surface area contributed by atoms with Crippen LogP contribution in [0.15, 0.2) is 18.2 Å². The zero-order chi connectivity index (χ0) is 18.7. The van der Waals surface area contributed by atoms with Crippen molar-refractivity contribution in [1.29, 1.82) is 5.26 Å². The summed E-state index contributed by atoms with van der Waals surface area (Å²) >= 11 is 0. The summed E-state index contributed by atoms with van der Waals surface area (Å²) in [4.78, 5) is 11.9. The van der Waals surface area contributed by atoms with Crippen molar-refractivity contribution in [3.63, 3.8) is 0 Å². The van der Waals surface area contributed by atoms with Gasteiger partial charge in [0.15, 0.2) is 0 Å². The lowest BCUT2D eigenvalue weighted by molar-refractivity contribution is -0.143. The van der Waals surface area contributed by atoms with Gasteiger partial charge in [0.1, 0.15) is 12.6 Å². The van der Waals surface area contributed by atoms with E-state index in [4.69, 9.17) is 5.26 Å². The van der Waals surface area contributed by atoms with Crippen molar-refractivity contribution in [1.82, 2.24) is 0 Å². The molecular formula is C14H12F6N2O2. The topological polar surface area (TPSA) is 53.3 Å². The molecule has 0 spiro atoms.